The van der Waals surface area contributed by atoms with E-state index in [2.05, 4.69) is 20.8 Å². The molecule has 0 fully saturated rings. The normalized spacial score (nSPS) is 10.5. The first-order valence-corrected chi connectivity index (χ1v) is 8.08. The summed E-state index contributed by atoms with van der Waals surface area (Å²) in [7, 11) is 0. The van der Waals surface area contributed by atoms with Gasteiger partial charge in [0.15, 0.2) is 11.6 Å². The molecule has 0 saturated heterocycles. The molecule has 2 heterocycles. The Hall–Kier alpha value is -4.07. The molecular weight excluding hydrogens is 346 g/mol. The zero-order chi connectivity index (χ0) is 18.6. The van der Waals surface area contributed by atoms with Gasteiger partial charge in [-0.15, -0.1) is 0 Å². The van der Waals surface area contributed by atoms with E-state index in [4.69, 9.17) is 14.9 Å². The maximum Gasteiger partial charge on any atom is 0.305 e. The van der Waals surface area contributed by atoms with Gasteiger partial charge in [-0.25, -0.2) is 4.98 Å². The van der Waals surface area contributed by atoms with E-state index in [0.717, 1.165) is 10.8 Å². The first-order chi connectivity index (χ1) is 13.2. The fourth-order valence-electron chi connectivity index (χ4n) is 2.53. The van der Waals surface area contributed by atoms with E-state index >= 15 is 0 Å². The molecule has 2 aromatic carbocycles. The Morgan fingerprint density at radius 2 is 1.89 bits per heavy atom. The summed E-state index contributed by atoms with van der Waals surface area (Å²) in [4.78, 5) is 20.0. The highest BCUT2D eigenvalue weighted by molar-refractivity contribution is 5.92. The van der Waals surface area contributed by atoms with Crippen molar-refractivity contribution < 1.29 is 13.9 Å². The molecule has 0 spiro atoms. The number of anilines is 2. The molecule has 0 aliphatic heterocycles. The van der Waals surface area contributed by atoms with E-state index in [1.165, 1.54) is 18.7 Å². The van der Waals surface area contributed by atoms with E-state index in [0.29, 0.717) is 5.75 Å². The molecule has 1 amide bonds. The summed E-state index contributed by atoms with van der Waals surface area (Å²) in [5, 5.41) is 1.96. The van der Waals surface area contributed by atoms with Gasteiger partial charge in [0, 0.05) is 5.39 Å². The molecular formula is C19H15N5O3. The third kappa shape index (κ3) is 3.36. The average molecular weight is 361 g/mol. The van der Waals surface area contributed by atoms with Crippen LogP contribution in [0.1, 0.15) is 10.6 Å². The quantitative estimate of drug-likeness (QED) is 0.467. The van der Waals surface area contributed by atoms with Crippen LogP contribution in [-0.2, 0) is 0 Å². The Labute approximate surface area is 154 Å². The van der Waals surface area contributed by atoms with Crippen molar-refractivity contribution in [3.63, 3.8) is 0 Å². The summed E-state index contributed by atoms with van der Waals surface area (Å²) < 4.78 is 10.9. The number of nitrogens with zero attached hydrogens (tertiary/aromatic N) is 2. The molecule has 8 heteroatoms. The summed E-state index contributed by atoms with van der Waals surface area (Å²) in [6.07, 6.45) is 2.70. The number of hydrogen-bond donors (Lipinski definition) is 3. The minimum Gasteiger partial charge on any atom is -0.459 e. The van der Waals surface area contributed by atoms with Crippen molar-refractivity contribution in [3.05, 3.63) is 72.9 Å². The summed E-state index contributed by atoms with van der Waals surface area (Å²) in [6.45, 7) is 0. The summed E-state index contributed by atoms with van der Waals surface area (Å²) in [5.74, 6) is 0.692. The van der Waals surface area contributed by atoms with Gasteiger partial charge in [-0.2, -0.15) is 4.98 Å². The van der Waals surface area contributed by atoms with Crippen molar-refractivity contribution in [2.45, 2.75) is 0 Å². The summed E-state index contributed by atoms with van der Waals surface area (Å²) >= 11 is 0. The number of furan rings is 1. The third-order valence-electron chi connectivity index (χ3n) is 3.84. The molecule has 134 valence electrons. The number of ether oxygens (including phenoxy) is 1. The number of aromatic nitrogens is 2. The fraction of sp³-hybridized carbons (Fsp3) is 0. The SMILES string of the molecule is Nc1c(NNC(=O)c2ccco2)ncnc1Oc1cccc2ccccc12. The van der Waals surface area contributed by atoms with Crippen LogP contribution in [0.4, 0.5) is 11.5 Å². The predicted molar refractivity (Wildman–Crippen MR) is 100 cm³/mol. The lowest BCUT2D eigenvalue weighted by Gasteiger charge is -2.13. The van der Waals surface area contributed by atoms with Crippen molar-refractivity contribution in [1.29, 1.82) is 0 Å². The first-order valence-electron chi connectivity index (χ1n) is 8.08. The Bertz CT molecular complexity index is 1090. The van der Waals surface area contributed by atoms with Crippen LogP contribution in [-0.4, -0.2) is 15.9 Å². The van der Waals surface area contributed by atoms with Crippen LogP contribution in [0.5, 0.6) is 11.6 Å². The highest BCUT2D eigenvalue weighted by atomic mass is 16.5. The molecule has 8 nitrogen and oxygen atoms in total. The van der Waals surface area contributed by atoms with Gasteiger partial charge in [-0.1, -0.05) is 36.4 Å². The Morgan fingerprint density at radius 1 is 1.04 bits per heavy atom. The number of rotatable bonds is 5. The van der Waals surface area contributed by atoms with Crippen LogP contribution >= 0.6 is 0 Å². The largest absolute Gasteiger partial charge is 0.459 e. The van der Waals surface area contributed by atoms with E-state index in [1.807, 2.05) is 42.5 Å². The molecule has 0 aliphatic carbocycles. The highest BCUT2D eigenvalue weighted by Gasteiger charge is 2.14. The summed E-state index contributed by atoms with van der Waals surface area (Å²) in [6, 6.07) is 16.7. The molecule has 27 heavy (non-hydrogen) atoms. The topological polar surface area (TPSA) is 115 Å². The van der Waals surface area contributed by atoms with Crippen LogP contribution in [0, 0.1) is 0 Å². The van der Waals surface area contributed by atoms with Gasteiger partial charge in [0.25, 0.3) is 0 Å². The highest BCUT2D eigenvalue weighted by Crippen LogP contribution is 2.33. The number of benzene rings is 2. The standard InChI is InChI=1S/C19H15N5O3/c20-16-17(23-24-18(25)15-9-4-10-26-15)21-11-22-19(16)27-14-8-3-6-12-5-1-2-7-13(12)14/h1-11H,20H2,(H,24,25)(H,21,22,23). The number of fused-ring (bicyclic) bond motifs is 1. The second-order valence-electron chi connectivity index (χ2n) is 5.58. The minimum absolute atomic E-state index is 0.155. The monoisotopic (exact) mass is 361 g/mol. The Morgan fingerprint density at radius 3 is 2.74 bits per heavy atom. The van der Waals surface area contributed by atoms with Crippen LogP contribution in [0.15, 0.2) is 71.6 Å². The van der Waals surface area contributed by atoms with E-state index < -0.39 is 5.91 Å². The average Bonchev–Trinajstić information content (AvgIpc) is 3.24. The number of amides is 1. The lowest BCUT2D eigenvalue weighted by Crippen LogP contribution is -2.30. The maximum absolute atomic E-state index is 11.9. The minimum atomic E-state index is -0.463. The zero-order valence-corrected chi connectivity index (χ0v) is 14.0. The fourth-order valence-corrected chi connectivity index (χ4v) is 2.53. The number of nitrogen functional groups attached to an aromatic ring is 1. The number of carbonyl (C=O) groups excluding carboxylic acids is 1. The summed E-state index contributed by atoms with van der Waals surface area (Å²) in [5.41, 5.74) is 11.4. The molecule has 4 aromatic rings. The van der Waals surface area contributed by atoms with E-state index in [9.17, 15) is 4.79 Å². The number of carbonyl (C=O) groups is 1. The first kappa shape index (κ1) is 16.4. The zero-order valence-electron chi connectivity index (χ0n) is 14.0. The Balaban J connectivity index is 1.56. The Kier molecular flexibility index (Phi) is 4.28. The van der Waals surface area contributed by atoms with Crippen LogP contribution in [0.3, 0.4) is 0 Å². The number of nitrogens with two attached hydrogens (primary N) is 1. The van der Waals surface area contributed by atoms with Crippen molar-refractivity contribution in [3.8, 4) is 11.6 Å². The second kappa shape index (κ2) is 7.04. The van der Waals surface area contributed by atoms with Crippen LogP contribution in [0.25, 0.3) is 10.8 Å². The molecule has 4 rings (SSSR count). The lowest BCUT2D eigenvalue weighted by atomic mass is 10.1. The van der Waals surface area contributed by atoms with Gasteiger partial charge in [-0.05, 0) is 23.6 Å². The molecule has 2 aromatic heterocycles. The number of nitrogens with one attached hydrogen (secondary N) is 2. The molecule has 0 radical (unpaired) electrons. The molecule has 0 unspecified atom stereocenters. The van der Waals surface area contributed by atoms with Gasteiger partial charge >= 0.3 is 5.91 Å². The van der Waals surface area contributed by atoms with Gasteiger partial charge < -0.3 is 14.9 Å². The van der Waals surface area contributed by atoms with Gasteiger partial charge in [0.05, 0.1) is 6.26 Å². The van der Waals surface area contributed by atoms with Gasteiger partial charge in [0.2, 0.25) is 5.88 Å². The third-order valence-corrected chi connectivity index (χ3v) is 3.84. The van der Waals surface area contributed by atoms with Crippen molar-refractivity contribution in [2.24, 2.45) is 0 Å². The smallest absolute Gasteiger partial charge is 0.305 e. The van der Waals surface area contributed by atoms with Gasteiger partial charge in [-0.3, -0.25) is 15.6 Å². The molecule has 4 N–H and O–H groups in total. The van der Waals surface area contributed by atoms with Crippen molar-refractivity contribution in [2.75, 3.05) is 11.2 Å². The van der Waals surface area contributed by atoms with E-state index in [-0.39, 0.29) is 23.1 Å². The second-order valence-corrected chi connectivity index (χ2v) is 5.58. The molecule has 0 atom stereocenters. The van der Waals surface area contributed by atoms with Crippen LogP contribution in [0.2, 0.25) is 0 Å². The number of hydrogen-bond acceptors (Lipinski definition) is 7. The van der Waals surface area contributed by atoms with Crippen LogP contribution < -0.4 is 21.3 Å². The van der Waals surface area contributed by atoms with Crippen molar-refractivity contribution in [1.82, 2.24) is 15.4 Å². The molecule has 0 bridgehead atoms. The van der Waals surface area contributed by atoms with Crippen molar-refractivity contribution >= 4 is 28.2 Å². The van der Waals surface area contributed by atoms with Gasteiger partial charge in [0.1, 0.15) is 17.8 Å². The number of hydrazine groups is 1. The van der Waals surface area contributed by atoms with E-state index in [1.54, 1.807) is 6.07 Å². The maximum atomic E-state index is 11.9. The molecule has 0 aliphatic rings. The predicted octanol–water partition coefficient (Wildman–Crippen LogP) is 3.35. The molecule has 0 saturated carbocycles. The lowest BCUT2D eigenvalue weighted by molar-refractivity contribution is 0.0935.